The summed E-state index contributed by atoms with van der Waals surface area (Å²) in [7, 11) is -3.63. The Labute approximate surface area is 237 Å². The van der Waals surface area contributed by atoms with E-state index in [9.17, 15) is 23.1 Å². The highest BCUT2D eigenvalue weighted by atomic mass is 32.2. The maximum atomic E-state index is 12.9. The number of hydrogen-bond acceptors (Lipinski definition) is 6. The van der Waals surface area contributed by atoms with Crippen molar-refractivity contribution >= 4 is 33.1 Å². The predicted molar refractivity (Wildman–Crippen MR) is 160 cm³/mol. The van der Waals surface area contributed by atoms with Crippen LogP contribution in [0.3, 0.4) is 0 Å². The van der Waals surface area contributed by atoms with Crippen LogP contribution in [0.4, 0.5) is 11.4 Å². The first kappa shape index (κ1) is 31.0. The molecule has 2 unspecified atom stereocenters. The van der Waals surface area contributed by atoms with Crippen LogP contribution in [0.5, 0.6) is 0 Å². The van der Waals surface area contributed by atoms with Gasteiger partial charge in [-0.05, 0) is 60.8 Å². The Kier molecular flexibility index (Phi) is 10.2. The lowest BCUT2D eigenvalue weighted by molar-refractivity contribution is -0.115. The molecule has 9 heteroatoms. The van der Waals surface area contributed by atoms with E-state index in [4.69, 9.17) is 0 Å². The van der Waals surface area contributed by atoms with Gasteiger partial charge >= 0.3 is 0 Å². The SMILES string of the molecule is CC(NCCc1ccc(NC(=O)Cc2ccccc2)cc1)C(O)c1ccc(C(=O)C(C)(C)C)c(NS(C)(=O)=O)c1. The van der Waals surface area contributed by atoms with E-state index in [-0.39, 0.29) is 29.0 Å². The van der Waals surface area contributed by atoms with Gasteiger partial charge in [0.2, 0.25) is 15.9 Å². The van der Waals surface area contributed by atoms with Crippen LogP contribution >= 0.6 is 0 Å². The average Bonchev–Trinajstić information content (AvgIpc) is 2.88. The molecular weight excluding hydrogens is 526 g/mol. The van der Waals surface area contributed by atoms with E-state index in [1.165, 1.54) is 6.07 Å². The highest BCUT2D eigenvalue weighted by Gasteiger charge is 2.27. The van der Waals surface area contributed by atoms with Crippen LogP contribution < -0.4 is 15.4 Å². The first-order chi connectivity index (χ1) is 18.7. The quantitative estimate of drug-likeness (QED) is 0.236. The molecule has 3 aromatic rings. The van der Waals surface area contributed by atoms with Crippen LogP contribution in [0, 0.1) is 5.41 Å². The smallest absolute Gasteiger partial charge is 0.229 e. The summed E-state index contributed by atoms with van der Waals surface area (Å²) in [5.41, 5.74) is 2.96. The number of ketones is 1. The lowest BCUT2D eigenvalue weighted by atomic mass is 9.85. The van der Waals surface area contributed by atoms with E-state index in [2.05, 4.69) is 15.4 Å². The maximum Gasteiger partial charge on any atom is 0.229 e. The molecule has 3 rings (SSSR count). The van der Waals surface area contributed by atoms with Crippen LogP contribution in [-0.2, 0) is 27.7 Å². The number of sulfonamides is 1. The highest BCUT2D eigenvalue weighted by Crippen LogP contribution is 2.30. The second kappa shape index (κ2) is 13.2. The molecule has 0 heterocycles. The van der Waals surface area contributed by atoms with Crippen molar-refractivity contribution in [1.82, 2.24) is 5.32 Å². The Morgan fingerprint density at radius 1 is 0.925 bits per heavy atom. The van der Waals surface area contributed by atoms with Crippen molar-refractivity contribution in [1.29, 1.82) is 0 Å². The Balaban J connectivity index is 1.57. The number of aliphatic hydroxyl groups excluding tert-OH is 1. The van der Waals surface area contributed by atoms with Crippen LogP contribution in [-0.4, -0.2) is 44.1 Å². The third kappa shape index (κ3) is 9.29. The molecule has 4 N–H and O–H groups in total. The number of rotatable bonds is 12. The molecule has 0 spiro atoms. The van der Waals surface area contributed by atoms with Gasteiger partial charge in [-0.15, -0.1) is 0 Å². The van der Waals surface area contributed by atoms with E-state index >= 15 is 0 Å². The number of amides is 1. The summed E-state index contributed by atoms with van der Waals surface area (Å²) in [4.78, 5) is 25.2. The molecule has 0 fully saturated rings. The highest BCUT2D eigenvalue weighted by molar-refractivity contribution is 7.92. The molecule has 214 valence electrons. The summed E-state index contributed by atoms with van der Waals surface area (Å²) in [6.07, 6.45) is 1.11. The molecule has 0 aliphatic carbocycles. The van der Waals surface area contributed by atoms with Gasteiger partial charge in [0.25, 0.3) is 0 Å². The van der Waals surface area contributed by atoms with Crippen molar-refractivity contribution in [3.63, 3.8) is 0 Å². The number of benzene rings is 3. The summed E-state index contributed by atoms with van der Waals surface area (Å²) in [5.74, 6) is -0.276. The van der Waals surface area contributed by atoms with Crippen LogP contribution in [0.2, 0.25) is 0 Å². The molecule has 0 aliphatic heterocycles. The zero-order valence-corrected chi connectivity index (χ0v) is 24.5. The van der Waals surface area contributed by atoms with Gasteiger partial charge in [0.1, 0.15) is 0 Å². The van der Waals surface area contributed by atoms with E-state index in [0.29, 0.717) is 24.9 Å². The summed E-state index contributed by atoms with van der Waals surface area (Å²) in [6.45, 7) is 7.73. The lowest BCUT2D eigenvalue weighted by Crippen LogP contribution is -2.33. The standard InChI is InChI=1S/C31H39N3O5S/c1-21(29(36)24-13-16-26(30(37)31(2,3)4)27(20-24)34-40(5,38)39)32-18-17-22-11-14-25(15-12-22)33-28(35)19-23-9-7-6-8-10-23/h6-16,20-21,29,32,34,36H,17-19H2,1-5H3,(H,33,35). The third-order valence-electron chi connectivity index (χ3n) is 6.41. The second-order valence-corrected chi connectivity index (χ2v) is 12.9. The van der Waals surface area contributed by atoms with Gasteiger partial charge in [-0.1, -0.05) is 69.3 Å². The van der Waals surface area contributed by atoms with Crippen molar-refractivity contribution < 1.29 is 23.1 Å². The molecule has 0 aliphatic rings. The molecule has 8 nitrogen and oxygen atoms in total. The van der Waals surface area contributed by atoms with Gasteiger partial charge in [-0.2, -0.15) is 0 Å². The number of nitrogens with one attached hydrogen (secondary N) is 3. The van der Waals surface area contributed by atoms with Gasteiger partial charge in [0.05, 0.1) is 24.5 Å². The van der Waals surface area contributed by atoms with Gasteiger partial charge in [0, 0.05) is 22.7 Å². The van der Waals surface area contributed by atoms with E-state index in [1.807, 2.05) is 61.5 Å². The van der Waals surface area contributed by atoms with Crippen molar-refractivity contribution in [2.45, 2.75) is 52.7 Å². The molecule has 3 aromatic carbocycles. The molecular formula is C31H39N3O5S. The Morgan fingerprint density at radius 2 is 1.57 bits per heavy atom. The normalized spacial score (nSPS) is 13.3. The molecule has 0 aromatic heterocycles. The topological polar surface area (TPSA) is 125 Å². The molecule has 1 amide bonds. The van der Waals surface area contributed by atoms with Gasteiger partial charge < -0.3 is 15.7 Å². The fourth-order valence-electron chi connectivity index (χ4n) is 4.22. The lowest BCUT2D eigenvalue weighted by Gasteiger charge is -2.23. The number of Topliss-reactive ketones (excluding diaryl/α,β-unsaturated/α-hetero) is 1. The number of carbonyl (C=O) groups excluding carboxylic acids is 2. The number of hydrogen-bond donors (Lipinski definition) is 4. The summed E-state index contributed by atoms with van der Waals surface area (Å²) < 4.78 is 26.3. The largest absolute Gasteiger partial charge is 0.387 e. The molecule has 0 radical (unpaired) electrons. The summed E-state index contributed by atoms with van der Waals surface area (Å²) in [6, 6.07) is 21.6. The fourth-order valence-corrected chi connectivity index (χ4v) is 4.79. The minimum atomic E-state index is -3.63. The first-order valence-corrected chi connectivity index (χ1v) is 15.1. The monoisotopic (exact) mass is 565 g/mol. The molecule has 2 atom stereocenters. The van der Waals surface area contributed by atoms with Crippen LogP contribution in [0.25, 0.3) is 0 Å². The Hall–Kier alpha value is -3.53. The number of anilines is 2. The Morgan fingerprint density at radius 3 is 2.17 bits per heavy atom. The first-order valence-electron chi connectivity index (χ1n) is 13.2. The zero-order chi connectivity index (χ0) is 29.5. The Bertz CT molecular complexity index is 1420. The third-order valence-corrected chi connectivity index (χ3v) is 7.00. The van der Waals surface area contributed by atoms with E-state index in [1.54, 1.807) is 32.9 Å². The van der Waals surface area contributed by atoms with Crippen molar-refractivity contribution in [3.05, 3.63) is 95.1 Å². The van der Waals surface area contributed by atoms with Gasteiger partial charge in [0.15, 0.2) is 5.78 Å². The minimum Gasteiger partial charge on any atom is -0.387 e. The second-order valence-electron chi connectivity index (χ2n) is 11.1. The molecule has 0 saturated heterocycles. The van der Waals surface area contributed by atoms with Crippen molar-refractivity contribution in [2.24, 2.45) is 5.41 Å². The van der Waals surface area contributed by atoms with E-state index < -0.39 is 21.5 Å². The minimum absolute atomic E-state index is 0.0749. The van der Waals surface area contributed by atoms with Crippen LogP contribution in [0.1, 0.15) is 60.8 Å². The fraction of sp³-hybridized carbons (Fsp3) is 0.355. The van der Waals surface area contributed by atoms with E-state index in [0.717, 1.165) is 23.1 Å². The average molecular weight is 566 g/mol. The molecule has 0 saturated carbocycles. The summed E-state index contributed by atoms with van der Waals surface area (Å²) >= 11 is 0. The molecule has 0 bridgehead atoms. The predicted octanol–water partition coefficient (Wildman–Crippen LogP) is 4.72. The van der Waals surface area contributed by atoms with Crippen LogP contribution in [0.15, 0.2) is 72.8 Å². The van der Waals surface area contributed by atoms with Gasteiger partial charge in [-0.3, -0.25) is 14.3 Å². The van der Waals surface area contributed by atoms with Crippen molar-refractivity contribution in [3.8, 4) is 0 Å². The zero-order valence-electron chi connectivity index (χ0n) is 23.7. The van der Waals surface area contributed by atoms with Gasteiger partial charge in [-0.25, -0.2) is 8.42 Å². The van der Waals surface area contributed by atoms with Crippen molar-refractivity contribution in [2.75, 3.05) is 22.8 Å². The number of carbonyl (C=O) groups is 2. The number of aliphatic hydroxyl groups is 1. The molecule has 40 heavy (non-hydrogen) atoms. The summed E-state index contributed by atoms with van der Waals surface area (Å²) in [5, 5.41) is 17.2. The maximum absolute atomic E-state index is 12.9.